The molecule has 2 saturated carbocycles. The molecule has 0 amide bonds. The second-order valence-electron chi connectivity index (χ2n) is 10.2. The Bertz CT molecular complexity index is 667. The Morgan fingerprint density at radius 3 is 2.81 bits per heavy atom. The van der Waals surface area contributed by atoms with Gasteiger partial charge in [0.1, 0.15) is 0 Å². The second kappa shape index (κ2) is 7.06. The molecule has 3 aliphatic carbocycles. The Morgan fingerprint density at radius 2 is 2.07 bits per heavy atom. The molecule has 0 bridgehead atoms. The Balaban J connectivity index is 1.55. The first kappa shape index (κ1) is 19.8. The molecule has 0 aromatic rings. The van der Waals surface area contributed by atoms with E-state index in [1.54, 1.807) is 0 Å². The molecule has 3 heteroatoms. The van der Waals surface area contributed by atoms with Gasteiger partial charge < -0.3 is 5.11 Å². The molecule has 7 atom stereocenters. The van der Waals surface area contributed by atoms with Gasteiger partial charge in [-0.2, -0.15) is 11.8 Å². The first-order valence-electron chi connectivity index (χ1n) is 11.0. The van der Waals surface area contributed by atoms with Crippen molar-refractivity contribution in [3.8, 4) is 0 Å². The minimum absolute atomic E-state index is 0.140. The molecule has 0 aromatic carbocycles. The van der Waals surface area contributed by atoms with Gasteiger partial charge >= 0.3 is 0 Å². The van der Waals surface area contributed by atoms with Gasteiger partial charge in [0.25, 0.3) is 0 Å². The van der Waals surface area contributed by atoms with Crippen LogP contribution in [0, 0.1) is 28.6 Å². The molecule has 0 radical (unpaired) electrons. The highest BCUT2D eigenvalue weighted by atomic mass is 32.2. The fourth-order valence-electron chi connectivity index (χ4n) is 7.17. The fourth-order valence-corrected chi connectivity index (χ4v) is 9.06. The molecule has 27 heavy (non-hydrogen) atoms. The molecule has 1 aliphatic heterocycles. The van der Waals surface area contributed by atoms with Crippen molar-refractivity contribution in [2.24, 2.45) is 28.6 Å². The molecule has 1 heterocycles. The van der Waals surface area contributed by atoms with Crippen LogP contribution in [0.5, 0.6) is 0 Å². The van der Waals surface area contributed by atoms with E-state index in [9.17, 15) is 9.90 Å². The van der Waals surface area contributed by atoms with Gasteiger partial charge in [-0.15, -0.1) is 0 Å². The summed E-state index contributed by atoms with van der Waals surface area (Å²) in [4.78, 5) is 12.2. The highest BCUT2D eigenvalue weighted by molar-refractivity contribution is 8.01. The summed E-state index contributed by atoms with van der Waals surface area (Å²) in [5, 5.41) is 10.8. The fraction of sp³-hybridized carbons (Fsp3) is 0.792. The van der Waals surface area contributed by atoms with Crippen LogP contribution in [0.25, 0.3) is 0 Å². The van der Waals surface area contributed by atoms with Crippen LogP contribution in [0.1, 0.15) is 72.1 Å². The van der Waals surface area contributed by atoms with Crippen molar-refractivity contribution in [2.75, 3.05) is 6.61 Å². The number of carbonyl (C=O) groups is 1. The number of carbonyl (C=O) groups excluding carboxylic acids is 1. The molecule has 4 unspecified atom stereocenters. The summed E-state index contributed by atoms with van der Waals surface area (Å²) in [5.41, 5.74) is 3.05. The summed E-state index contributed by atoms with van der Waals surface area (Å²) in [6, 6.07) is 0. The summed E-state index contributed by atoms with van der Waals surface area (Å²) in [6.07, 6.45) is 11.4. The molecular weight excluding hydrogens is 352 g/mol. The molecule has 2 nitrogen and oxygen atoms in total. The van der Waals surface area contributed by atoms with Gasteiger partial charge in [-0.3, -0.25) is 4.79 Å². The van der Waals surface area contributed by atoms with E-state index in [0.717, 1.165) is 30.3 Å². The van der Waals surface area contributed by atoms with Crippen LogP contribution in [0.3, 0.4) is 0 Å². The third-order valence-corrected chi connectivity index (χ3v) is 10.7. The van der Waals surface area contributed by atoms with Crippen LogP contribution in [-0.2, 0) is 4.79 Å². The van der Waals surface area contributed by atoms with Gasteiger partial charge in [-0.05, 0) is 72.5 Å². The highest BCUT2D eigenvalue weighted by Crippen LogP contribution is 2.62. The lowest BCUT2D eigenvalue weighted by Crippen LogP contribution is -2.39. The highest BCUT2D eigenvalue weighted by Gasteiger charge is 2.54. The topological polar surface area (TPSA) is 37.3 Å². The van der Waals surface area contributed by atoms with Gasteiger partial charge in [0.05, 0.1) is 6.61 Å². The van der Waals surface area contributed by atoms with Crippen molar-refractivity contribution in [3.05, 3.63) is 23.8 Å². The van der Waals surface area contributed by atoms with E-state index in [-0.39, 0.29) is 12.0 Å². The van der Waals surface area contributed by atoms with Gasteiger partial charge in [0.2, 0.25) is 0 Å². The van der Waals surface area contributed by atoms with E-state index in [4.69, 9.17) is 0 Å². The Kier molecular flexibility index (Phi) is 5.17. The lowest BCUT2D eigenvalue weighted by Gasteiger charge is -2.46. The number of aliphatic hydroxyl groups excluding tert-OH is 1. The molecule has 0 spiro atoms. The van der Waals surface area contributed by atoms with Crippen molar-refractivity contribution in [3.63, 3.8) is 0 Å². The van der Waals surface area contributed by atoms with Gasteiger partial charge in [-0.1, -0.05) is 40.2 Å². The molecule has 4 rings (SSSR count). The maximum atomic E-state index is 12.2. The zero-order chi connectivity index (χ0) is 19.4. The summed E-state index contributed by atoms with van der Waals surface area (Å²) in [6.45, 7) is 11.6. The number of hydrogen-bond donors (Lipinski definition) is 1. The lowest BCUT2D eigenvalue weighted by atomic mass is 9.59. The van der Waals surface area contributed by atoms with Crippen LogP contribution in [0.2, 0.25) is 0 Å². The molecule has 1 N–H and O–H groups in total. The van der Waals surface area contributed by atoms with E-state index < -0.39 is 0 Å². The predicted octanol–water partition coefficient (Wildman–Crippen LogP) is 5.56. The predicted molar refractivity (Wildman–Crippen MR) is 114 cm³/mol. The average molecular weight is 389 g/mol. The largest absolute Gasteiger partial charge is 0.392 e. The summed E-state index contributed by atoms with van der Waals surface area (Å²) in [5.74, 6) is 2.34. The number of ketones is 1. The van der Waals surface area contributed by atoms with E-state index in [2.05, 4.69) is 39.1 Å². The van der Waals surface area contributed by atoms with Crippen LogP contribution >= 0.6 is 11.8 Å². The number of hydrogen-bond acceptors (Lipinski definition) is 3. The number of fused-ring (bicyclic) bond motifs is 2. The molecule has 150 valence electrons. The van der Waals surface area contributed by atoms with Crippen LogP contribution in [0.4, 0.5) is 0 Å². The van der Waals surface area contributed by atoms with Crippen molar-refractivity contribution in [1.29, 1.82) is 0 Å². The number of thioether (sulfide) groups is 1. The van der Waals surface area contributed by atoms with Gasteiger partial charge in [-0.25, -0.2) is 0 Å². The third-order valence-electron chi connectivity index (χ3n) is 8.96. The van der Waals surface area contributed by atoms with Crippen LogP contribution < -0.4 is 0 Å². The first-order chi connectivity index (χ1) is 12.8. The van der Waals surface area contributed by atoms with E-state index in [0.29, 0.717) is 27.6 Å². The Morgan fingerprint density at radius 1 is 1.30 bits per heavy atom. The molecule has 0 aromatic heterocycles. The Hall–Kier alpha value is -0.540. The minimum atomic E-state index is 0.140. The third kappa shape index (κ3) is 3.08. The quantitative estimate of drug-likeness (QED) is 0.641. The molecule has 1 saturated heterocycles. The van der Waals surface area contributed by atoms with Crippen molar-refractivity contribution < 1.29 is 9.90 Å². The normalized spacial score (nSPS) is 46.7. The number of rotatable bonds is 4. The Labute approximate surface area is 169 Å². The van der Waals surface area contributed by atoms with Crippen LogP contribution in [0.15, 0.2) is 23.8 Å². The minimum Gasteiger partial charge on any atom is -0.392 e. The smallest absolute Gasteiger partial charge is 0.155 e. The zero-order valence-electron chi connectivity index (χ0n) is 17.3. The van der Waals surface area contributed by atoms with Gasteiger partial charge in [0, 0.05) is 22.3 Å². The number of aliphatic hydroxyl groups is 1. The monoisotopic (exact) mass is 388 g/mol. The van der Waals surface area contributed by atoms with E-state index in [1.165, 1.54) is 44.1 Å². The number of allylic oxidation sites excluding steroid dienone is 1. The van der Waals surface area contributed by atoms with Crippen molar-refractivity contribution in [1.82, 2.24) is 0 Å². The molecular formula is C24H36O2S. The van der Waals surface area contributed by atoms with Crippen LogP contribution in [-0.4, -0.2) is 28.0 Å². The lowest BCUT2D eigenvalue weighted by molar-refractivity contribution is -0.115. The molecule has 3 fully saturated rings. The van der Waals surface area contributed by atoms with E-state index >= 15 is 0 Å². The second-order valence-corrected chi connectivity index (χ2v) is 11.7. The van der Waals surface area contributed by atoms with Crippen molar-refractivity contribution in [2.45, 2.75) is 82.6 Å². The summed E-state index contributed by atoms with van der Waals surface area (Å²) < 4.78 is 0. The summed E-state index contributed by atoms with van der Waals surface area (Å²) >= 11 is 2.13. The van der Waals surface area contributed by atoms with Gasteiger partial charge in [0.15, 0.2) is 5.78 Å². The molecule has 4 aliphatic rings. The maximum Gasteiger partial charge on any atom is 0.155 e. The maximum absolute atomic E-state index is 12.2. The van der Waals surface area contributed by atoms with Crippen molar-refractivity contribution >= 4 is 17.5 Å². The van der Waals surface area contributed by atoms with E-state index in [1.807, 2.05) is 6.08 Å². The average Bonchev–Trinajstić information content (AvgIpc) is 3.11. The zero-order valence-corrected chi connectivity index (χ0v) is 18.1. The summed E-state index contributed by atoms with van der Waals surface area (Å²) in [7, 11) is 0. The standard InChI is InChI=1S/C24H36O2S/c1-15(14-25)19-7-8-20-17(6-5-10-24(19,20)4)12-22-21-13-18(26)9-11-23(21,3)16(2)27-22/h13,16-17,19-20,22,25H,1,5-12,14H2,2-4H3/t16?,17?,19?,20?,22-,23-,24-/m1/s1. The SMILES string of the molecule is C=C(CO)C1CCC2C(C[C@H]3SC(C)[C@@]4(C)CCC(=O)C=C34)CCC[C@]12C. The first-order valence-corrected chi connectivity index (χ1v) is 11.9.